The summed E-state index contributed by atoms with van der Waals surface area (Å²) in [5, 5.41) is 8.11. The third kappa shape index (κ3) is 2.54. The van der Waals surface area contributed by atoms with E-state index in [4.69, 9.17) is 0 Å². The maximum Gasteiger partial charge on any atom is 0.271 e. The number of nitrogens with zero attached hydrogens (tertiary/aromatic N) is 3. The van der Waals surface area contributed by atoms with Crippen LogP contribution in [0.15, 0.2) is 23.4 Å². The van der Waals surface area contributed by atoms with Crippen LogP contribution in [0, 0.1) is 0 Å². The Labute approximate surface area is 116 Å². The van der Waals surface area contributed by atoms with Crippen molar-refractivity contribution in [1.82, 2.24) is 9.99 Å². The Hall–Kier alpha value is -2.24. The van der Waals surface area contributed by atoms with Gasteiger partial charge in [-0.15, -0.1) is 0 Å². The Kier molecular flexibility index (Phi) is 3.22. The van der Waals surface area contributed by atoms with E-state index in [0.29, 0.717) is 24.5 Å². The van der Waals surface area contributed by atoms with Crippen molar-refractivity contribution in [2.75, 3.05) is 12.4 Å². The summed E-state index contributed by atoms with van der Waals surface area (Å²) in [5.74, 6) is 0.143. The Balaban J connectivity index is 1.76. The van der Waals surface area contributed by atoms with E-state index < -0.39 is 0 Å². The molecule has 0 spiro atoms. The lowest BCUT2D eigenvalue weighted by Gasteiger charge is -2.19. The number of hydrogen-bond acceptors (Lipinski definition) is 4. The molecule has 1 aromatic rings. The third-order valence-corrected chi connectivity index (χ3v) is 3.52. The van der Waals surface area contributed by atoms with Gasteiger partial charge in [0.25, 0.3) is 5.91 Å². The van der Waals surface area contributed by atoms with Crippen LogP contribution in [0.1, 0.15) is 37.3 Å². The first-order valence-electron chi connectivity index (χ1n) is 6.75. The SMILES string of the molecule is CN1N=C(C(=O)Nc2cccnc2C2CC2)CCC1=O. The van der Waals surface area contributed by atoms with Gasteiger partial charge in [0.05, 0.1) is 11.4 Å². The van der Waals surface area contributed by atoms with Gasteiger partial charge >= 0.3 is 0 Å². The molecule has 2 heterocycles. The first-order valence-corrected chi connectivity index (χ1v) is 6.75. The summed E-state index contributed by atoms with van der Waals surface area (Å²) < 4.78 is 0. The van der Waals surface area contributed by atoms with Gasteiger partial charge in [-0.1, -0.05) is 0 Å². The van der Waals surface area contributed by atoms with Crippen LogP contribution in [-0.4, -0.2) is 34.6 Å². The normalized spacial score (nSPS) is 18.8. The van der Waals surface area contributed by atoms with E-state index in [1.54, 1.807) is 19.3 Å². The highest BCUT2D eigenvalue weighted by atomic mass is 16.2. The molecule has 0 radical (unpaired) electrons. The summed E-state index contributed by atoms with van der Waals surface area (Å²) in [6.45, 7) is 0. The number of carbonyl (C=O) groups excluding carboxylic acids is 2. The summed E-state index contributed by atoms with van der Waals surface area (Å²) in [7, 11) is 1.56. The minimum atomic E-state index is -0.251. The average molecular weight is 272 g/mol. The van der Waals surface area contributed by atoms with Crippen molar-refractivity contribution in [3.05, 3.63) is 24.0 Å². The molecule has 1 fully saturated rings. The standard InChI is InChI=1S/C14H16N4O2/c1-18-12(19)7-6-11(17-18)14(20)16-10-3-2-8-15-13(10)9-4-5-9/h2-3,8-9H,4-7H2,1H3,(H,16,20). The number of anilines is 1. The zero-order valence-corrected chi connectivity index (χ0v) is 11.3. The second-order valence-electron chi connectivity index (χ2n) is 5.13. The largest absolute Gasteiger partial charge is 0.319 e. The Morgan fingerprint density at radius 1 is 1.40 bits per heavy atom. The van der Waals surface area contributed by atoms with Crippen LogP contribution >= 0.6 is 0 Å². The Morgan fingerprint density at radius 2 is 2.20 bits per heavy atom. The predicted molar refractivity (Wildman–Crippen MR) is 74.3 cm³/mol. The van der Waals surface area contributed by atoms with E-state index in [2.05, 4.69) is 15.4 Å². The molecule has 1 aromatic heterocycles. The van der Waals surface area contributed by atoms with E-state index >= 15 is 0 Å². The quantitative estimate of drug-likeness (QED) is 0.906. The number of amides is 2. The zero-order valence-electron chi connectivity index (χ0n) is 11.3. The van der Waals surface area contributed by atoms with Crippen molar-refractivity contribution in [3.63, 3.8) is 0 Å². The zero-order chi connectivity index (χ0) is 14.1. The molecule has 20 heavy (non-hydrogen) atoms. The number of nitrogens with one attached hydrogen (secondary N) is 1. The first-order chi connectivity index (χ1) is 9.65. The van der Waals surface area contributed by atoms with E-state index in [-0.39, 0.29) is 11.8 Å². The summed E-state index contributed by atoms with van der Waals surface area (Å²) in [6, 6.07) is 3.66. The lowest BCUT2D eigenvalue weighted by atomic mass is 10.1. The number of hydrazone groups is 1. The molecule has 2 amide bonds. The number of rotatable bonds is 3. The van der Waals surface area contributed by atoms with Gasteiger partial charge in [-0.2, -0.15) is 5.10 Å². The molecule has 0 aromatic carbocycles. The Morgan fingerprint density at radius 3 is 2.90 bits per heavy atom. The van der Waals surface area contributed by atoms with E-state index in [1.165, 1.54) is 5.01 Å². The van der Waals surface area contributed by atoms with Gasteiger partial charge in [-0.3, -0.25) is 14.6 Å². The maximum absolute atomic E-state index is 12.2. The molecular weight excluding hydrogens is 256 g/mol. The van der Waals surface area contributed by atoms with Crippen LogP contribution in [0.4, 0.5) is 5.69 Å². The van der Waals surface area contributed by atoms with Gasteiger partial charge in [0.2, 0.25) is 5.91 Å². The van der Waals surface area contributed by atoms with Crippen molar-refractivity contribution in [1.29, 1.82) is 0 Å². The summed E-state index contributed by atoms with van der Waals surface area (Å²) in [5.41, 5.74) is 2.08. The van der Waals surface area contributed by atoms with Crippen LogP contribution in [0.25, 0.3) is 0 Å². The van der Waals surface area contributed by atoms with Crippen molar-refractivity contribution in [2.24, 2.45) is 5.10 Å². The second-order valence-corrected chi connectivity index (χ2v) is 5.13. The number of aromatic nitrogens is 1. The molecule has 1 aliphatic heterocycles. The maximum atomic E-state index is 12.2. The van der Waals surface area contributed by atoms with Crippen molar-refractivity contribution >= 4 is 23.2 Å². The second kappa shape index (κ2) is 5.03. The van der Waals surface area contributed by atoms with Crippen LogP contribution in [0.3, 0.4) is 0 Å². The molecule has 0 bridgehead atoms. The number of carbonyl (C=O) groups is 2. The molecule has 0 unspecified atom stereocenters. The van der Waals surface area contributed by atoms with Crippen LogP contribution in [-0.2, 0) is 9.59 Å². The molecule has 0 saturated heterocycles. The predicted octanol–water partition coefficient (Wildman–Crippen LogP) is 1.51. The monoisotopic (exact) mass is 272 g/mol. The van der Waals surface area contributed by atoms with Gasteiger partial charge in [0, 0.05) is 32.0 Å². The van der Waals surface area contributed by atoms with Crippen molar-refractivity contribution < 1.29 is 9.59 Å². The van der Waals surface area contributed by atoms with Crippen LogP contribution in [0.2, 0.25) is 0 Å². The van der Waals surface area contributed by atoms with Gasteiger partial charge in [0.15, 0.2) is 0 Å². The topological polar surface area (TPSA) is 74.7 Å². The first kappa shape index (κ1) is 12.8. The van der Waals surface area contributed by atoms with Gasteiger partial charge in [-0.25, -0.2) is 5.01 Å². The fraction of sp³-hybridized carbons (Fsp3) is 0.429. The molecule has 1 N–H and O–H groups in total. The van der Waals surface area contributed by atoms with Gasteiger partial charge < -0.3 is 5.32 Å². The fourth-order valence-corrected chi connectivity index (χ4v) is 2.23. The van der Waals surface area contributed by atoms with E-state index in [0.717, 1.165) is 24.2 Å². The summed E-state index contributed by atoms with van der Waals surface area (Å²) in [4.78, 5) is 27.9. The number of pyridine rings is 1. The molecular formula is C14H16N4O2. The lowest BCUT2D eigenvalue weighted by molar-refractivity contribution is -0.130. The van der Waals surface area contributed by atoms with Gasteiger partial charge in [0.1, 0.15) is 5.71 Å². The average Bonchev–Trinajstić information content (AvgIpc) is 3.27. The van der Waals surface area contributed by atoms with Crippen molar-refractivity contribution in [2.45, 2.75) is 31.6 Å². The van der Waals surface area contributed by atoms with E-state index in [9.17, 15) is 9.59 Å². The highest BCUT2D eigenvalue weighted by Crippen LogP contribution is 2.42. The summed E-state index contributed by atoms with van der Waals surface area (Å²) in [6.07, 6.45) is 4.70. The lowest BCUT2D eigenvalue weighted by Crippen LogP contribution is -2.34. The molecule has 3 rings (SSSR count). The van der Waals surface area contributed by atoms with Crippen LogP contribution in [0.5, 0.6) is 0 Å². The minimum Gasteiger partial charge on any atom is -0.319 e. The molecule has 2 aliphatic rings. The highest BCUT2D eigenvalue weighted by Gasteiger charge is 2.29. The van der Waals surface area contributed by atoms with Crippen LogP contribution < -0.4 is 5.32 Å². The minimum absolute atomic E-state index is 0.0680. The molecule has 104 valence electrons. The highest BCUT2D eigenvalue weighted by molar-refractivity contribution is 6.43. The third-order valence-electron chi connectivity index (χ3n) is 3.52. The molecule has 0 atom stereocenters. The van der Waals surface area contributed by atoms with Gasteiger partial charge in [-0.05, 0) is 25.0 Å². The molecule has 1 aliphatic carbocycles. The number of hydrogen-bond donors (Lipinski definition) is 1. The molecule has 6 nitrogen and oxygen atoms in total. The van der Waals surface area contributed by atoms with E-state index in [1.807, 2.05) is 6.07 Å². The summed E-state index contributed by atoms with van der Waals surface area (Å²) >= 11 is 0. The Bertz CT molecular complexity index is 593. The molecule has 1 saturated carbocycles. The smallest absolute Gasteiger partial charge is 0.271 e. The fourth-order valence-electron chi connectivity index (χ4n) is 2.23. The molecule has 6 heteroatoms. The van der Waals surface area contributed by atoms with Crippen molar-refractivity contribution in [3.8, 4) is 0 Å².